The number of amides is 4. The van der Waals surface area contributed by atoms with Crippen LogP contribution in [0.1, 0.15) is 41.2 Å². The number of urea groups is 1. The molecule has 2 aromatic rings. The molecule has 156 valence electrons. The number of fused-ring (bicyclic) bond motifs is 1. The molecule has 0 aromatic heterocycles. The van der Waals surface area contributed by atoms with Crippen LogP contribution in [-0.2, 0) is 28.0 Å². The van der Waals surface area contributed by atoms with E-state index in [-0.39, 0.29) is 6.54 Å². The van der Waals surface area contributed by atoms with E-state index in [0.717, 1.165) is 40.9 Å². The Morgan fingerprint density at radius 1 is 1.17 bits per heavy atom. The van der Waals surface area contributed by atoms with Gasteiger partial charge in [0.15, 0.2) is 0 Å². The second kappa shape index (κ2) is 7.43. The Kier molecular flexibility index (Phi) is 5.06. The Labute approximate surface area is 180 Å². The Morgan fingerprint density at radius 3 is 2.63 bits per heavy atom. The predicted molar refractivity (Wildman–Crippen MR) is 116 cm³/mol. The average molecular weight is 426 g/mol. The average Bonchev–Trinajstić information content (AvgIpc) is 3.23. The van der Waals surface area contributed by atoms with Crippen LogP contribution in [0.2, 0.25) is 5.02 Å². The molecule has 2 aliphatic rings. The van der Waals surface area contributed by atoms with E-state index in [2.05, 4.69) is 10.6 Å². The molecular weight excluding hydrogens is 402 g/mol. The molecule has 0 spiro atoms. The molecule has 1 fully saturated rings. The van der Waals surface area contributed by atoms with Gasteiger partial charge in [-0.05, 0) is 73.9 Å². The summed E-state index contributed by atoms with van der Waals surface area (Å²) in [7, 11) is 0. The van der Waals surface area contributed by atoms with Gasteiger partial charge < -0.3 is 10.6 Å². The number of anilines is 1. The maximum absolute atomic E-state index is 13.1. The van der Waals surface area contributed by atoms with Crippen LogP contribution in [0, 0.1) is 13.8 Å². The van der Waals surface area contributed by atoms with Gasteiger partial charge in [0, 0.05) is 0 Å². The van der Waals surface area contributed by atoms with Crippen molar-refractivity contribution in [1.82, 2.24) is 10.2 Å². The zero-order valence-corrected chi connectivity index (χ0v) is 18.0. The van der Waals surface area contributed by atoms with Crippen LogP contribution in [0.5, 0.6) is 0 Å². The van der Waals surface area contributed by atoms with Gasteiger partial charge in [-0.1, -0.05) is 35.9 Å². The van der Waals surface area contributed by atoms with E-state index in [1.807, 2.05) is 38.1 Å². The van der Waals surface area contributed by atoms with Crippen molar-refractivity contribution in [2.45, 2.75) is 45.6 Å². The third-order valence-corrected chi connectivity index (χ3v) is 6.25. The standard InChI is InChI=1S/C23H24ClN3O3/c1-13-9-14(2)20(18(24)10-13)25-19(28)12-27-21(29)23(3,26-22(27)30)17-8-7-15-5-4-6-16(15)11-17/h7-11H,4-6,12H2,1-3H3,(H,25,28)(H,26,30). The van der Waals surface area contributed by atoms with Crippen molar-refractivity contribution in [2.24, 2.45) is 0 Å². The van der Waals surface area contributed by atoms with Crippen molar-refractivity contribution in [3.8, 4) is 0 Å². The first-order chi connectivity index (χ1) is 14.2. The molecule has 1 saturated heterocycles. The highest BCUT2D eigenvalue weighted by Gasteiger charge is 2.49. The molecule has 30 heavy (non-hydrogen) atoms. The first-order valence-electron chi connectivity index (χ1n) is 10.0. The van der Waals surface area contributed by atoms with Crippen LogP contribution < -0.4 is 10.6 Å². The van der Waals surface area contributed by atoms with Crippen LogP contribution in [0.4, 0.5) is 10.5 Å². The smallest absolute Gasteiger partial charge is 0.323 e. The number of aryl methyl sites for hydroxylation is 4. The van der Waals surface area contributed by atoms with Gasteiger partial charge in [0.05, 0.1) is 10.7 Å². The van der Waals surface area contributed by atoms with Gasteiger partial charge >= 0.3 is 6.03 Å². The molecule has 1 heterocycles. The molecule has 4 amide bonds. The number of nitrogens with one attached hydrogen (secondary N) is 2. The lowest BCUT2D eigenvalue weighted by Crippen LogP contribution is -2.42. The molecule has 0 saturated carbocycles. The highest BCUT2D eigenvalue weighted by Crippen LogP contribution is 2.33. The maximum Gasteiger partial charge on any atom is 0.325 e. The third-order valence-electron chi connectivity index (χ3n) is 5.95. The summed E-state index contributed by atoms with van der Waals surface area (Å²) >= 11 is 6.25. The summed E-state index contributed by atoms with van der Waals surface area (Å²) in [5.74, 6) is -0.919. The molecule has 6 nitrogen and oxygen atoms in total. The van der Waals surface area contributed by atoms with Gasteiger partial charge in [0.1, 0.15) is 12.1 Å². The van der Waals surface area contributed by atoms with Crippen molar-refractivity contribution in [2.75, 3.05) is 11.9 Å². The van der Waals surface area contributed by atoms with Crippen LogP contribution in [0.25, 0.3) is 0 Å². The van der Waals surface area contributed by atoms with Crippen molar-refractivity contribution in [1.29, 1.82) is 0 Å². The maximum atomic E-state index is 13.1. The predicted octanol–water partition coefficient (Wildman–Crippen LogP) is 3.85. The molecule has 7 heteroatoms. The van der Waals surface area contributed by atoms with E-state index >= 15 is 0 Å². The number of rotatable bonds is 4. The van der Waals surface area contributed by atoms with Crippen LogP contribution >= 0.6 is 11.6 Å². The number of nitrogens with zero attached hydrogens (tertiary/aromatic N) is 1. The Hall–Kier alpha value is -2.86. The van der Waals surface area contributed by atoms with Crippen LogP contribution in [-0.4, -0.2) is 29.3 Å². The minimum atomic E-state index is -1.19. The van der Waals surface area contributed by atoms with E-state index < -0.39 is 23.4 Å². The summed E-state index contributed by atoms with van der Waals surface area (Å²) in [6.07, 6.45) is 3.12. The fourth-order valence-corrected chi connectivity index (χ4v) is 4.68. The molecule has 1 aliphatic carbocycles. The van der Waals surface area contributed by atoms with Crippen molar-refractivity contribution in [3.05, 3.63) is 63.2 Å². The van der Waals surface area contributed by atoms with E-state index in [1.54, 1.807) is 13.0 Å². The number of halogens is 1. The van der Waals surface area contributed by atoms with Gasteiger partial charge in [0.2, 0.25) is 5.91 Å². The van der Waals surface area contributed by atoms with E-state index in [4.69, 9.17) is 11.6 Å². The van der Waals surface area contributed by atoms with Gasteiger partial charge in [-0.25, -0.2) is 4.79 Å². The summed E-state index contributed by atoms with van der Waals surface area (Å²) in [6.45, 7) is 5.06. The van der Waals surface area contributed by atoms with E-state index in [9.17, 15) is 14.4 Å². The lowest BCUT2D eigenvalue weighted by atomic mass is 9.89. The number of imide groups is 1. The van der Waals surface area contributed by atoms with Crippen molar-refractivity contribution in [3.63, 3.8) is 0 Å². The normalized spacial score (nSPS) is 20.3. The molecular formula is C23H24ClN3O3. The van der Waals surface area contributed by atoms with Gasteiger partial charge in [-0.3, -0.25) is 14.5 Å². The summed E-state index contributed by atoms with van der Waals surface area (Å²) < 4.78 is 0. The lowest BCUT2D eigenvalue weighted by Gasteiger charge is -2.23. The summed E-state index contributed by atoms with van der Waals surface area (Å²) in [5, 5.41) is 5.92. The Balaban J connectivity index is 1.52. The Bertz CT molecular complexity index is 1060. The molecule has 0 radical (unpaired) electrons. The van der Waals surface area contributed by atoms with Crippen LogP contribution in [0.3, 0.4) is 0 Å². The third kappa shape index (κ3) is 3.45. The Morgan fingerprint density at radius 2 is 1.90 bits per heavy atom. The number of benzene rings is 2. The van der Waals surface area contributed by atoms with Crippen LogP contribution in [0.15, 0.2) is 30.3 Å². The van der Waals surface area contributed by atoms with E-state index in [0.29, 0.717) is 10.7 Å². The molecule has 2 N–H and O–H groups in total. The number of carbonyl (C=O) groups excluding carboxylic acids is 3. The number of carbonyl (C=O) groups is 3. The summed E-state index contributed by atoms with van der Waals surface area (Å²) in [4.78, 5) is 39.3. The number of hydrogen-bond donors (Lipinski definition) is 2. The first kappa shape index (κ1) is 20.4. The monoisotopic (exact) mass is 425 g/mol. The molecule has 1 atom stereocenters. The zero-order chi connectivity index (χ0) is 21.6. The quantitative estimate of drug-likeness (QED) is 0.730. The van der Waals surface area contributed by atoms with Gasteiger partial charge in [-0.15, -0.1) is 0 Å². The summed E-state index contributed by atoms with van der Waals surface area (Å²) in [5.41, 5.74) is 4.34. The zero-order valence-electron chi connectivity index (χ0n) is 17.3. The lowest BCUT2D eigenvalue weighted by molar-refractivity contribution is -0.133. The molecule has 2 aromatic carbocycles. The summed E-state index contributed by atoms with van der Waals surface area (Å²) in [6, 6.07) is 8.99. The largest absolute Gasteiger partial charge is 0.325 e. The molecule has 4 rings (SSSR count). The highest BCUT2D eigenvalue weighted by molar-refractivity contribution is 6.34. The van der Waals surface area contributed by atoms with Crippen molar-refractivity contribution < 1.29 is 14.4 Å². The second-order valence-corrected chi connectivity index (χ2v) is 8.68. The minimum Gasteiger partial charge on any atom is -0.323 e. The first-order valence-corrected chi connectivity index (χ1v) is 10.4. The molecule has 0 bridgehead atoms. The highest BCUT2D eigenvalue weighted by atomic mass is 35.5. The molecule has 1 aliphatic heterocycles. The van der Waals surface area contributed by atoms with Gasteiger partial charge in [-0.2, -0.15) is 0 Å². The number of hydrogen-bond acceptors (Lipinski definition) is 3. The van der Waals surface area contributed by atoms with Crippen molar-refractivity contribution >= 4 is 35.1 Å². The fraction of sp³-hybridized carbons (Fsp3) is 0.348. The SMILES string of the molecule is Cc1cc(C)c(NC(=O)CN2C(=O)NC(C)(c3ccc4c(c3)CCC4)C2=O)c(Cl)c1. The second-order valence-electron chi connectivity index (χ2n) is 8.27. The topological polar surface area (TPSA) is 78.5 Å². The molecule has 1 unspecified atom stereocenters. The van der Waals surface area contributed by atoms with E-state index in [1.165, 1.54) is 11.1 Å². The fourth-order valence-electron chi connectivity index (χ4n) is 4.32. The van der Waals surface area contributed by atoms with Gasteiger partial charge in [0.25, 0.3) is 5.91 Å². The minimum absolute atomic E-state index is 0.380.